The molecule has 0 saturated heterocycles. The molecule has 0 atom stereocenters. The zero-order chi connectivity index (χ0) is 81.3. The van der Waals surface area contributed by atoms with Crippen molar-refractivity contribution in [3.05, 3.63) is 456 Å². The first-order chi connectivity index (χ1) is 58.8. The van der Waals surface area contributed by atoms with Crippen molar-refractivity contribution in [2.24, 2.45) is 0 Å². The third-order valence-electron chi connectivity index (χ3n) is 23.4. The molecule has 120 heavy (non-hydrogen) atoms. The summed E-state index contributed by atoms with van der Waals surface area (Å²) in [6.45, 7) is 13.5. The molecular weight excluding hydrogens is 1440 g/mol. The summed E-state index contributed by atoms with van der Waals surface area (Å²) in [5, 5.41) is 14.2. The summed E-state index contributed by atoms with van der Waals surface area (Å²) in [5.74, 6) is 28.9. The van der Waals surface area contributed by atoms with Crippen LogP contribution in [0.15, 0.2) is 400 Å². The molecule has 0 aromatic heterocycles. The molecule has 0 N–H and O–H groups in total. The summed E-state index contributed by atoms with van der Waals surface area (Å²) < 4.78 is 0. The topological polar surface area (TPSA) is 0 Å². The van der Waals surface area contributed by atoms with Crippen molar-refractivity contribution in [1.82, 2.24) is 0 Å². The van der Waals surface area contributed by atoms with Gasteiger partial charge in [-0.2, -0.15) is 0 Å². The lowest BCUT2D eigenvalue weighted by atomic mass is 9.82. The Bertz CT molecular complexity index is 7070. The Balaban J connectivity index is 0.000000160. The second-order valence-corrected chi connectivity index (χ2v) is 33.1. The average molecular weight is 1530 g/mol. The predicted molar refractivity (Wildman–Crippen MR) is 511 cm³/mol. The number of hydrogen-bond donors (Lipinski definition) is 0. The van der Waals surface area contributed by atoms with Gasteiger partial charge in [0, 0.05) is 44.5 Å². The monoisotopic (exact) mass is 1520 g/mol. The molecule has 0 amide bonds. The van der Waals surface area contributed by atoms with E-state index in [0.29, 0.717) is 0 Å². The van der Waals surface area contributed by atoms with E-state index in [1.807, 2.05) is 36.4 Å². The molecule has 0 heteroatoms. The van der Waals surface area contributed by atoms with E-state index in [-0.39, 0.29) is 10.8 Å². The summed E-state index contributed by atoms with van der Waals surface area (Å²) >= 11 is 0. The third-order valence-corrected chi connectivity index (χ3v) is 23.4. The minimum Gasteiger partial charge on any atom is -0.0622 e. The van der Waals surface area contributed by atoms with Crippen molar-refractivity contribution in [3.8, 4) is 136 Å². The van der Waals surface area contributed by atoms with Gasteiger partial charge in [0.25, 0.3) is 0 Å². The van der Waals surface area contributed by atoms with Crippen LogP contribution in [0.2, 0.25) is 0 Å². The molecule has 20 aromatic carbocycles. The van der Waals surface area contributed by atoms with Gasteiger partial charge in [-0.25, -0.2) is 0 Å². The standard InChI is InChI=1S/C64H50.C56H34/c1-63(2,3)49-33-27-43(28-34-49)25-31-47-41-59(55-23-15-13-21-51(55)45-17-9-7-10-18-45)57-40-38-54-48(32-26-44-29-35-50(36-30-44)64(4,5)6)42-60(58-39-37-53(47)61(57)62(54)58)56-24-16-14-22-52(56)46-19-11-8-12-20-46;1-5-17-39(18-6-1)29-31-43-37-53(49-27-15-13-25-45(49)41-21-9-3-10-22-41)51-36-34-48-44(32-30-40-19-7-2-8-20-40)38-54(52-35-33-47(43)55(51)56(48)52)50-28-16-14-26-46(50)42-23-11-4-12-24-42/h7-24,27-30,33-42H,1-6H3;1-28,33-38H. The fourth-order valence-corrected chi connectivity index (χ4v) is 17.3. The maximum absolute atomic E-state index is 3.72. The largest absolute Gasteiger partial charge is 0.0622 e. The van der Waals surface area contributed by atoms with Crippen LogP contribution in [0.25, 0.3) is 154 Å². The highest BCUT2D eigenvalue weighted by atomic mass is 14.3. The van der Waals surface area contributed by atoms with Gasteiger partial charge in [-0.1, -0.05) is 416 Å². The summed E-state index contributed by atoms with van der Waals surface area (Å²) in [7, 11) is 0. The third kappa shape index (κ3) is 14.7. The lowest BCUT2D eigenvalue weighted by molar-refractivity contribution is 0.590. The maximum Gasteiger partial charge on any atom is 0.0334 e. The molecule has 0 aliphatic heterocycles. The first kappa shape index (κ1) is 74.8. The van der Waals surface area contributed by atoms with E-state index in [2.05, 4.69) is 453 Å². The van der Waals surface area contributed by atoms with Crippen LogP contribution in [0.5, 0.6) is 0 Å². The summed E-state index contributed by atoms with van der Waals surface area (Å²) in [5.41, 5.74) is 29.6. The first-order valence-corrected chi connectivity index (χ1v) is 41.4. The molecule has 0 saturated carbocycles. The van der Waals surface area contributed by atoms with E-state index >= 15 is 0 Å². The molecule has 0 aliphatic carbocycles. The van der Waals surface area contributed by atoms with Crippen LogP contribution in [0.4, 0.5) is 0 Å². The quantitative estimate of drug-likeness (QED) is 0.105. The molecule has 20 rings (SSSR count). The van der Waals surface area contributed by atoms with Gasteiger partial charge in [-0.15, -0.1) is 0 Å². The Morgan fingerprint density at radius 1 is 0.150 bits per heavy atom. The predicted octanol–water partition coefficient (Wildman–Crippen LogP) is 30.7. The van der Waals surface area contributed by atoms with Gasteiger partial charge in [-0.05, 0) is 248 Å². The van der Waals surface area contributed by atoms with Gasteiger partial charge in [0.05, 0.1) is 0 Å². The number of rotatable bonds is 8. The molecule has 0 unspecified atom stereocenters. The van der Waals surface area contributed by atoms with E-state index in [4.69, 9.17) is 0 Å². The Morgan fingerprint density at radius 2 is 0.333 bits per heavy atom. The van der Waals surface area contributed by atoms with Gasteiger partial charge in [-0.3, -0.25) is 0 Å². The molecule has 564 valence electrons. The zero-order valence-corrected chi connectivity index (χ0v) is 68.1. The normalized spacial score (nSPS) is 11.3. The molecular formula is C120H84. The lowest BCUT2D eigenvalue weighted by Gasteiger charge is -2.21. The highest BCUT2D eigenvalue weighted by molar-refractivity contribution is 6.32. The molecule has 0 spiro atoms. The van der Waals surface area contributed by atoms with Crippen LogP contribution in [-0.2, 0) is 10.8 Å². The molecule has 0 fully saturated rings. The number of hydrogen-bond acceptors (Lipinski definition) is 0. The first-order valence-electron chi connectivity index (χ1n) is 41.4. The lowest BCUT2D eigenvalue weighted by Crippen LogP contribution is -2.10. The van der Waals surface area contributed by atoms with E-state index in [1.54, 1.807) is 0 Å². The molecule has 0 aliphatic rings. The Hall–Kier alpha value is -15.3. The minimum atomic E-state index is 0.0691. The van der Waals surface area contributed by atoms with E-state index in [9.17, 15) is 0 Å². The van der Waals surface area contributed by atoms with Gasteiger partial charge in [0.1, 0.15) is 0 Å². The van der Waals surface area contributed by atoms with Crippen LogP contribution in [0.1, 0.15) is 97.2 Å². The highest BCUT2D eigenvalue weighted by Crippen LogP contribution is 2.51. The van der Waals surface area contributed by atoms with Gasteiger partial charge < -0.3 is 0 Å². The Kier molecular flexibility index (Phi) is 20.0. The SMILES string of the molecule is C(#Cc1cc(-c2ccccc2-c2ccccc2)c2ccc3c(C#Cc4ccccc4)cc(-c4ccccc4-c4ccccc4)c4ccc1c2c34)c1ccccc1.CC(C)(C)c1ccc(C#Cc2cc(-c3ccccc3-c3ccccc3)c3ccc4c(C#Cc5ccc(C(C)(C)C)cc5)cc(-c5ccccc5-c5ccccc5)c5ccc2c3c45)cc1. The van der Waals surface area contributed by atoms with E-state index in [1.165, 1.54) is 121 Å². The van der Waals surface area contributed by atoms with Crippen LogP contribution >= 0.6 is 0 Å². The summed E-state index contributed by atoms with van der Waals surface area (Å²) in [6, 6.07) is 144. The minimum absolute atomic E-state index is 0.0691. The van der Waals surface area contributed by atoms with Crippen molar-refractivity contribution in [3.63, 3.8) is 0 Å². The van der Waals surface area contributed by atoms with Crippen LogP contribution in [-0.4, -0.2) is 0 Å². The molecule has 0 nitrogen and oxygen atoms in total. The fraction of sp³-hybridized carbons (Fsp3) is 0.0667. The van der Waals surface area contributed by atoms with Crippen LogP contribution < -0.4 is 0 Å². The van der Waals surface area contributed by atoms with Gasteiger partial charge >= 0.3 is 0 Å². The zero-order valence-electron chi connectivity index (χ0n) is 68.1. The molecule has 0 radical (unpaired) electrons. The van der Waals surface area contributed by atoms with Crippen LogP contribution in [0, 0.1) is 47.4 Å². The van der Waals surface area contributed by atoms with Crippen molar-refractivity contribution >= 4 is 64.6 Å². The van der Waals surface area contributed by atoms with Crippen LogP contribution in [0.3, 0.4) is 0 Å². The highest BCUT2D eigenvalue weighted by Gasteiger charge is 2.25. The molecule has 20 aromatic rings. The van der Waals surface area contributed by atoms with Gasteiger partial charge in [0.2, 0.25) is 0 Å². The summed E-state index contributed by atoms with van der Waals surface area (Å²) in [4.78, 5) is 0. The average Bonchev–Trinajstić information content (AvgIpc) is 0.713. The van der Waals surface area contributed by atoms with Gasteiger partial charge in [0.15, 0.2) is 0 Å². The van der Waals surface area contributed by atoms with Crippen molar-refractivity contribution in [2.75, 3.05) is 0 Å². The van der Waals surface area contributed by atoms with E-state index < -0.39 is 0 Å². The van der Waals surface area contributed by atoms with E-state index in [0.717, 1.165) is 88.3 Å². The second-order valence-electron chi connectivity index (χ2n) is 33.1. The second kappa shape index (κ2) is 32.1. The maximum atomic E-state index is 3.72. The smallest absolute Gasteiger partial charge is 0.0334 e. The van der Waals surface area contributed by atoms with Crippen molar-refractivity contribution < 1.29 is 0 Å². The Labute approximate surface area is 704 Å². The molecule has 0 bridgehead atoms. The fourth-order valence-electron chi connectivity index (χ4n) is 17.3. The summed E-state index contributed by atoms with van der Waals surface area (Å²) in [6.07, 6.45) is 0. The Morgan fingerprint density at radius 3 is 0.550 bits per heavy atom. The van der Waals surface area contributed by atoms with Crippen molar-refractivity contribution in [2.45, 2.75) is 52.4 Å². The van der Waals surface area contributed by atoms with Crippen molar-refractivity contribution in [1.29, 1.82) is 0 Å². The number of benzene rings is 20. The molecule has 0 heterocycles.